The Morgan fingerprint density at radius 1 is 1.38 bits per heavy atom. The number of nitrogens with zero attached hydrogens (tertiary/aromatic N) is 5. The van der Waals surface area contributed by atoms with Crippen LogP contribution >= 0.6 is 11.3 Å². The molecule has 1 aromatic carbocycles. The summed E-state index contributed by atoms with van der Waals surface area (Å²) in [5.41, 5.74) is 1.09. The van der Waals surface area contributed by atoms with Crippen molar-refractivity contribution in [2.75, 3.05) is 4.90 Å². The highest BCUT2D eigenvalue weighted by atomic mass is 32.1. The zero-order valence-corrected chi connectivity index (χ0v) is 13.9. The maximum atomic E-state index is 12.5. The number of rotatable bonds is 4. The molecule has 1 aliphatic carbocycles. The van der Waals surface area contributed by atoms with Crippen LogP contribution in [0.5, 0.6) is 0 Å². The fourth-order valence-corrected chi connectivity index (χ4v) is 3.57. The highest BCUT2D eigenvalue weighted by Crippen LogP contribution is 2.33. The van der Waals surface area contributed by atoms with Crippen molar-refractivity contribution < 1.29 is 4.79 Å². The minimum atomic E-state index is -0.194. The normalized spacial score (nSPS) is 14.0. The van der Waals surface area contributed by atoms with Gasteiger partial charge in [0.05, 0.1) is 17.6 Å². The lowest BCUT2D eigenvalue weighted by Gasteiger charge is -2.16. The molecule has 1 amide bonds. The predicted octanol–water partition coefficient (Wildman–Crippen LogP) is 1.81. The predicted molar refractivity (Wildman–Crippen MR) is 91.2 cm³/mol. The van der Waals surface area contributed by atoms with Crippen molar-refractivity contribution in [3.05, 3.63) is 45.7 Å². The summed E-state index contributed by atoms with van der Waals surface area (Å²) < 4.78 is 1.30. The molecule has 4 rings (SSSR count). The number of thiazole rings is 1. The zero-order valence-electron chi connectivity index (χ0n) is 13.0. The van der Waals surface area contributed by atoms with Gasteiger partial charge in [-0.15, -0.1) is 16.4 Å². The molecule has 1 aliphatic rings. The smallest absolute Gasteiger partial charge is 0.277 e. The highest BCUT2D eigenvalue weighted by Gasteiger charge is 2.33. The molecule has 0 saturated heterocycles. The van der Waals surface area contributed by atoms with Crippen LogP contribution in [-0.4, -0.2) is 31.9 Å². The van der Waals surface area contributed by atoms with E-state index in [0.717, 1.165) is 12.8 Å². The number of anilines is 1. The fourth-order valence-electron chi connectivity index (χ4n) is 2.64. The fraction of sp³-hybridized carbons (Fsp3) is 0.312. The molecule has 122 valence electrons. The van der Waals surface area contributed by atoms with Crippen molar-refractivity contribution >= 4 is 33.3 Å². The number of benzene rings is 1. The number of fused-ring (bicyclic) bond motifs is 1. The molecule has 0 unspecified atom stereocenters. The number of carbonyl (C=O) groups excluding carboxylic acids is 1. The second-order valence-corrected chi connectivity index (χ2v) is 6.65. The van der Waals surface area contributed by atoms with Gasteiger partial charge < -0.3 is 0 Å². The van der Waals surface area contributed by atoms with E-state index >= 15 is 0 Å². The standard InChI is InChI=1S/C16H15N5O2S/c1-10(22)21(12-6-7-12)16-17-11(9-24-16)8-20-15(23)13-4-2-3-5-14(13)18-19-20/h2-5,9,12H,6-8H2,1H3. The van der Waals surface area contributed by atoms with E-state index < -0.39 is 0 Å². The summed E-state index contributed by atoms with van der Waals surface area (Å²) in [6.45, 7) is 1.79. The molecule has 0 bridgehead atoms. The van der Waals surface area contributed by atoms with Gasteiger partial charge in [0.1, 0.15) is 5.52 Å². The van der Waals surface area contributed by atoms with Gasteiger partial charge in [0, 0.05) is 18.3 Å². The Kier molecular flexibility index (Phi) is 3.61. The molecule has 0 spiro atoms. The Morgan fingerprint density at radius 2 is 2.17 bits per heavy atom. The SMILES string of the molecule is CC(=O)N(c1nc(Cn2nnc3ccccc3c2=O)cs1)C1CC1. The third-order valence-corrected chi connectivity index (χ3v) is 4.83. The van der Waals surface area contributed by atoms with Crippen LogP contribution in [0.2, 0.25) is 0 Å². The Morgan fingerprint density at radius 3 is 2.92 bits per heavy atom. The summed E-state index contributed by atoms with van der Waals surface area (Å²) in [5.74, 6) is 0.000985. The van der Waals surface area contributed by atoms with Gasteiger partial charge in [-0.2, -0.15) is 0 Å². The Bertz CT molecular complexity index is 976. The Labute approximate surface area is 141 Å². The first-order chi connectivity index (χ1) is 11.6. The third-order valence-electron chi connectivity index (χ3n) is 3.94. The number of hydrogen-bond donors (Lipinski definition) is 0. The van der Waals surface area contributed by atoms with Crippen molar-refractivity contribution in [3.8, 4) is 0 Å². The number of carbonyl (C=O) groups is 1. The second kappa shape index (κ2) is 5.79. The molecule has 0 radical (unpaired) electrons. The maximum Gasteiger partial charge on any atom is 0.277 e. The average molecular weight is 341 g/mol. The molecule has 7 nitrogen and oxygen atoms in total. The quantitative estimate of drug-likeness (QED) is 0.723. The lowest BCUT2D eigenvalue weighted by atomic mass is 10.2. The van der Waals surface area contributed by atoms with Gasteiger partial charge in [0.25, 0.3) is 5.56 Å². The molecule has 2 aromatic heterocycles. The van der Waals surface area contributed by atoms with Gasteiger partial charge >= 0.3 is 0 Å². The van der Waals surface area contributed by atoms with Crippen LogP contribution in [0.4, 0.5) is 5.13 Å². The van der Waals surface area contributed by atoms with Crippen LogP contribution in [0.1, 0.15) is 25.5 Å². The van der Waals surface area contributed by atoms with E-state index in [1.54, 1.807) is 30.0 Å². The molecule has 0 atom stereocenters. The summed E-state index contributed by atoms with van der Waals surface area (Å²) in [5, 5.41) is 11.1. The highest BCUT2D eigenvalue weighted by molar-refractivity contribution is 7.14. The maximum absolute atomic E-state index is 12.5. The van der Waals surface area contributed by atoms with E-state index in [4.69, 9.17) is 0 Å². The van der Waals surface area contributed by atoms with Crippen molar-refractivity contribution in [2.45, 2.75) is 32.4 Å². The zero-order chi connectivity index (χ0) is 16.7. The van der Waals surface area contributed by atoms with Crippen molar-refractivity contribution in [1.29, 1.82) is 0 Å². The van der Waals surface area contributed by atoms with E-state index in [1.165, 1.54) is 16.0 Å². The van der Waals surface area contributed by atoms with Crippen LogP contribution in [0.25, 0.3) is 10.9 Å². The molecule has 0 N–H and O–H groups in total. The van der Waals surface area contributed by atoms with Gasteiger partial charge in [-0.3, -0.25) is 14.5 Å². The Hall–Kier alpha value is -2.61. The lowest BCUT2D eigenvalue weighted by molar-refractivity contribution is -0.116. The minimum Gasteiger partial charge on any atom is -0.285 e. The number of hydrogen-bond acceptors (Lipinski definition) is 6. The summed E-state index contributed by atoms with van der Waals surface area (Å²) in [7, 11) is 0. The van der Waals surface area contributed by atoms with Crippen LogP contribution in [0.3, 0.4) is 0 Å². The van der Waals surface area contributed by atoms with Crippen LogP contribution in [0, 0.1) is 0 Å². The number of amides is 1. The first-order valence-corrected chi connectivity index (χ1v) is 8.58. The van der Waals surface area contributed by atoms with E-state index in [1.807, 2.05) is 11.4 Å². The molecule has 3 aromatic rings. The minimum absolute atomic E-state index is 0.000985. The molecule has 2 heterocycles. The monoisotopic (exact) mass is 341 g/mol. The summed E-state index contributed by atoms with van der Waals surface area (Å²) >= 11 is 1.41. The summed E-state index contributed by atoms with van der Waals surface area (Å²) in [4.78, 5) is 30.5. The first kappa shape index (κ1) is 14.9. The van der Waals surface area contributed by atoms with Gasteiger partial charge in [0.2, 0.25) is 5.91 Å². The van der Waals surface area contributed by atoms with E-state index in [2.05, 4.69) is 15.3 Å². The van der Waals surface area contributed by atoms with Gasteiger partial charge in [-0.1, -0.05) is 17.3 Å². The van der Waals surface area contributed by atoms with Crippen LogP contribution in [-0.2, 0) is 11.3 Å². The number of aromatic nitrogens is 4. The summed E-state index contributed by atoms with van der Waals surface area (Å²) in [6, 6.07) is 7.39. The van der Waals surface area contributed by atoms with E-state index in [9.17, 15) is 9.59 Å². The van der Waals surface area contributed by atoms with E-state index in [-0.39, 0.29) is 24.1 Å². The van der Waals surface area contributed by atoms with Crippen LogP contribution < -0.4 is 10.5 Å². The topological polar surface area (TPSA) is 81.0 Å². The van der Waals surface area contributed by atoms with Crippen molar-refractivity contribution in [1.82, 2.24) is 20.0 Å². The molecule has 8 heteroatoms. The molecule has 0 aliphatic heterocycles. The molecule has 1 fully saturated rings. The summed E-state index contributed by atoms with van der Waals surface area (Å²) in [6.07, 6.45) is 2.04. The van der Waals surface area contributed by atoms with Crippen molar-refractivity contribution in [2.24, 2.45) is 0 Å². The van der Waals surface area contributed by atoms with Crippen LogP contribution in [0.15, 0.2) is 34.4 Å². The second-order valence-electron chi connectivity index (χ2n) is 5.81. The Balaban J connectivity index is 1.63. The molecule has 1 saturated carbocycles. The van der Waals surface area contributed by atoms with Gasteiger partial charge in [0.15, 0.2) is 5.13 Å². The largest absolute Gasteiger partial charge is 0.285 e. The lowest BCUT2D eigenvalue weighted by Crippen LogP contribution is -2.30. The molecular weight excluding hydrogens is 326 g/mol. The average Bonchev–Trinajstić information content (AvgIpc) is 3.29. The van der Waals surface area contributed by atoms with E-state index in [0.29, 0.717) is 21.7 Å². The first-order valence-electron chi connectivity index (χ1n) is 7.70. The van der Waals surface area contributed by atoms with Gasteiger partial charge in [-0.05, 0) is 25.0 Å². The third kappa shape index (κ3) is 2.69. The van der Waals surface area contributed by atoms with Crippen molar-refractivity contribution in [3.63, 3.8) is 0 Å². The molecular formula is C16H15N5O2S. The molecule has 24 heavy (non-hydrogen) atoms. The van der Waals surface area contributed by atoms with Gasteiger partial charge in [-0.25, -0.2) is 9.67 Å².